The number of hydrogen-bond donors (Lipinski definition) is 2. The number of piperazine rings is 2. The average Bonchev–Trinajstić information content (AvgIpc) is 3.96. The highest BCUT2D eigenvalue weighted by Crippen LogP contribution is 2.35. The van der Waals surface area contributed by atoms with Gasteiger partial charge in [-0.25, -0.2) is 9.97 Å². The molecule has 14 heteroatoms. The Morgan fingerprint density at radius 3 is 2.27 bits per heavy atom. The van der Waals surface area contributed by atoms with Crippen molar-refractivity contribution in [2.24, 2.45) is 5.92 Å². The molecule has 2 N–H and O–H groups in total. The van der Waals surface area contributed by atoms with E-state index in [1.807, 2.05) is 19.2 Å². The van der Waals surface area contributed by atoms with Gasteiger partial charge in [0.25, 0.3) is 0 Å². The molecule has 0 radical (unpaired) electrons. The van der Waals surface area contributed by atoms with E-state index in [-0.39, 0.29) is 17.7 Å². The lowest BCUT2D eigenvalue weighted by molar-refractivity contribution is -0.134. The molecule has 286 valence electrons. The third-order valence-electron chi connectivity index (χ3n) is 11.8. The number of carbonyl (C=O) groups excluding carboxylic acids is 2. The maximum atomic E-state index is 12.3. The van der Waals surface area contributed by atoms with Crippen LogP contribution in [0.3, 0.4) is 0 Å². The van der Waals surface area contributed by atoms with Gasteiger partial charge in [0.15, 0.2) is 5.65 Å². The van der Waals surface area contributed by atoms with Crippen LogP contribution in [0.1, 0.15) is 42.2 Å². The number of aromatic nitrogens is 4. The number of piperidine rings is 1. The molecular weight excluding hydrogens is 760 g/mol. The molecule has 13 nitrogen and oxygen atoms in total. The van der Waals surface area contributed by atoms with Crippen LogP contribution in [0.25, 0.3) is 22.6 Å². The lowest BCUT2D eigenvalue weighted by atomic mass is 9.90. The molecule has 3 aromatic heterocycles. The Bertz CT molecular complexity index is 2150. The molecule has 4 saturated heterocycles. The number of imidazole rings is 1. The number of nitrogens with one attached hydrogen (secondary N) is 2. The van der Waals surface area contributed by atoms with E-state index >= 15 is 0 Å². The van der Waals surface area contributed by atoms with Crippen molar-refractivity contribution in [2.75, 3.05) is 86.7 Å². The molecule has 0 aliphatic carbocycles. The molecule has 7 heterocycles. The predicted octanol–water partition coefficient (Wildman–Crippen LogP) is 5.17. The Labute approximate surface area is 329 Å². The zero-order valence-corrected chi connectivity index (χ0v) is 32.8. The lowest BCUT2D eigenvalue weighted by Gasteiger charge is -2.37. The van der Waals surface area contributed by atoms with E-state index in [2.05, 4.69) is 109 Å². The maximum absolute atomic E-state index is 12.3. The van der Waals surface area contributed by atoms with Crippen LogP contribution in [0.4, 0.5) is 17.1 Å². The first-order valence-corrected chi connectivity index (χ1v) is 20.3. The van der Waals surface area contributed by atoms with Crippen LogP contribution in [0.15, 0.2) is 69.8 Å². The van der Waals surface area contributed by atoms with Crippen molar-refractivity contribution in [3.05, 3.63) is 82.3 Å². The number of nitrogens with zero attached hydrogens (tertiary/aromatic N) is 8. The molecular formula is C41H47BrN10O3. The number of rotatable bonds is 9. The van der Waals surface area contributed by atoms with Crippen molar-refractivity contribution < 1.29 is 14.1 Å². The zero-order valence-electron chi connectivity index (χ0n) is 31.2. The molecule has 5 aromatic rings. The summed E-state index contributed by atoms with van der Waals surface area (Å²) in [6.45, 7) is 13.7. The summed E-state index contributed by atoms with van der Waals surface area (Å²) in [4.78, 5) is 49.5. The van der Waals surface area contributed by atoms with Crippen LogP contribution in [-0.4, -0.2) is 114 Å². The molecule has 0 spiro atoms. The fourth-order valence-corrected chi connectivity index (χ4v) is 9.30. The van der Waals surface area contributed by atoms with Gasteiger partial charge >= 0.3 is 0 Å². The van der Waals surface area contributed by atoms with Crippen LogP contribution in [0.5, 0.6) is 0 Å². The number of pyridine rings is 1. The van der Waals surface area contributed by atoms with Crippen molar-refractivity contribution in [3.8, 4) is 11.4 Å². The van der Waals surface area contributed by atoms with E-state index in [9.17, 15) is 9.59 Å². The number of H-pyrrole nitrogens is 1. The molecule has 4 fully saturated rings. The summed E-state index contributed by atoms with van der Waals surface area (Å²) in [5, 5.41) is 6.65. The first-order valence-electron chi connectivity index (χ1n) is 19.5. The largest absolute Gasteiger partial charge is 0.371 e. The van der Waals surface area contributed by atoms with Gasteiger partial charge in [-0.05, 0) is 83.6 Å². The molecule has 0 unspecified atom stereocenters. The summed E-state index contributed by atoms with van der Waals surface area (Å²) in [5.74, 6) is 1.73. The molecule has 0 saturated carbocycles. The van der Waals surface area contributed by atoms with Gasteiger partial charge in [0, 0.05) is 114 Å². The lowest BCUT2D eigenvalue weighted by Crippen LogP contribution is -2.48. The summed E-state index contributed by atoms with van der Waals surface area (Å²) in [7, 11) is 0. The highest BCUT2D eigenvalue weighted by molar-refractivity contribution is 9.10. The fraction of sp³-hybridized carbons (Fsp3) is 0.439. The van der Waals surface area contributed by atoms with Gasteiger partial charge in [0.2, 0.25) is 11.8 Å². The average molecular weight is 808 g/mol. The number of aromatic amines is 1. The summed E-state index contributed by atoms with van der Waals surface area (Å²) in [6, 6.07) is 19.2. The molecule has 0 bridgehead atoms. The van der Waals surface area contributed by atoms with Crippen molar-refractivity contribution in [3.63, 3.8) is 0 Å². The van der Waals surface area contributed by atoms with Gasteiger partial charge in [-0.1, -0.05) is 17.3 Å². The summed E-state index contributed by atoms with van der Waals surface area (Å²) >= 11 is 3.78. The first kappa shape index (κ1) is 35.9. The second-order valence-corrected chi connectivity index (χ2v) is 16.3. The summed E-state index contributed by atoms with van der Waals surface area (Å²) in [5.41, 5.74) is 8.26. The van der Waals surface area contributed by atoms with Gasteiger partial charge in [-0.2, -0.15) is 0 Å². The summed E-state index contributed by atoms with van der Waals surface area (Å²) < 4.78 is 6.23. The second-order valence-electron chi connectivity index (χ2n) is 15.5. The number of fused-ring (bicyclic) bond motifs is 1. The highest BCUT2D eigenvalue weighted by Gasteiger charge is 2.30. The molecule has 2 atom stereocenters. The molecule has 55 heavy (non-hydrogen) atoms. The van der Waals surface area contributed by atoms with Crippen LogP contribution in [0.2, 0.25) is 0 Å². The number of anilines is 3. The van der Waals surface area contributed by atoms with E-state index in [1.165, 1.54) is 17.8 Å². The molecule has 2 amide bonds. The van der Waals surface area contributed by atoms with Crippen molar-refractivity contribution in [1.29, 1.82) is 0 Å². The van der Waals surface area contributed by atoms with E-state index in [1.54, 1.807) is 0 Å². The Hall–Kier alpha value is -4.79. The van der Waals surface area contributed by atoms with E-state index in [0.29, 0.717) is 18.8 Å². The topological polar surface area (TPSA) is 130 Å². The smallest absolute Gasteiger partial charge is 0.234 e. The molecule has 4 aliphatic heterocycles. The van der Waals surface area contributed by atoms with Crippen molar-refractivity contribution >= 4 is 56.0 Å². The van der Waals surface area contributed by atoms with Crippen LogP contribution in [0, 0.1) is 12.8 Å². The number of halogens is 1. The fourth-order valence-electron chi connectivity index (χ4n) is 8.75. The van der Waals surface area contributed by atoms with Gasteiger partial charge in [-0.3, -0.25) is 24.7 Å². The number of benzene rings is 2. The Balaban J connectivity index is 0.769. The number of amides is 2. The van der Waals surface area contributed by atoms with Gasteiger partial charge < -0.3 is 24.2 Å². The maximum Gasteiger partial charge on any atom is 0.234 e. The van der Waals surface area contributed by atoms with E-state index in [4.69, 9.17) is 9.51 Å². The van der Waals surface area contributed by atoms with E-state index in [0.717, 1.165) is 128 Å². The first-order chi connectivity index (χ1) is 26.8. The normalized spacial score (nSPS) is 21.5. The minimum atomic E-state index is -0.236. The second kappa shape index (κ2) is 15.4. The van der Waals surface area contributed by atoms with Gasteiger partial charge in [0.1, 0.15) is 17.1 Å². The quantitative estimate of drug-likeness (QED) is 0.192. The highest BCUT2D eigenvalue weighted by atomic mass is 79.9. The number of aryl methyl sites for hydroxylation is 1. The van der Waals surface area contributed by atoms with Gasteiger partial charge in [0.05, 0.1) is 21.8 Å². The van der Waals surface area contributed by atoms with Gasteiger partial charge in [-0.15, -0.1) is 0 Å². The van der Waals surface area contributed by atoms with Crippen molar-refractivity contribution in [2.45, 2.75) is 38.6 Å². The Kier molecular flexibility index (Phi) is 10.0. The Morgan fingerprint density at radius 1 is 0.836 bits per heavy atom. The van der Waals surface area contributed by atoms with E-state index < -0.39 is 0 Å². The van der Waals surface area contributed by atoms with Crippen molar-refractivity contribution in [1.82, 2.24) is 35.2 Å². The minimum Gasteiger partial charge on any atom is -0.371 e. The SMILES string of the molecule is Cc1cc(CN2CCN(c3c(Br)cnc4nc(-c5ccc(N6CCN(C[C@@H]7CCN(c8ccc([C@@H]9CCC(=O)NC9=O)cc8)C7)CC6)cc5)[nH]c34)CC2)no1. The van der Waals surface area contributed by atoms with Crippen LogP contribution < -0.4 is 20.0 Å². The molecule has 2 aromatic carbocycles. The van der Waals surface area contributed by atoms with Crippen LogP contribution in [-0.2, 0) is 16.1 Å². The number of carbonyl (C=O) groups is 2. The third-order valence-corrected chi connectivity index (χ3v) is 12.4. The third kappa shape index (κ3) is 7.72. The number of imide groups is 1. The standard InChI is InChI=1S/C41H47BrN10O3/c1-27-22-31(47-55-27)26-49-16-20-51(21-17-49)38-35(42)23-43-40-37(38)45-39(46-40)30-4-8-32(9-5-30)50-18-14-48(15-19-50)24-28-12-13-52(25-28)33-6-2-29(3-7-33)34-10-11-36(53)44-41(34)54/h2-9,22-23,28,34H,10-21,24-26H2,1H3,(H,43,45,46)(H,44,53,54)/t28-,34-/m0/s1. The molecule has 4 aliphatic rings. The molecule has 9 rings (SSSR count). The number of hydrogen-bond acceptors (Lipinski definition) is 11. The summed E-state index contributed by atoms with van der Waals surface area (Å²) in [6.07, 6.45) is 4.04. The minimum absolute atomic E-state index is 0.171. The van der Waals surface area contributed by atoms with Crippen LogP contribution >= 0.6 is 15.9 Å². The zero-order chi connectivity index (χ0) is 37.5. The Morgan fingerprint density at radius 2 is 1.55 bits per heavy atom. The monoisotopic (exact) mass is 806 g/mol. The predicted molar refractivity (Wildman–Crippen MR) is 216 cm³/mol.